The number of carbonyl (C=O) groups is 4. The Bertz CT molecular complexity index is 700. The van der Waals surface area contributed by atoms with Gasteiger partial charge in [-0.05, 0) is 18.4 Å². The minimum absolute atomic E-state index is 0.0586. The molecule has 1 amide bonds. The van der Waals surface area contributed by atoms with Crippen molar-refractivity contribution in [2.24, 2.45) is 5.11 Å². The van der Waals surface area contributed by atoms with Gasteiger partial charge in [-0.25, -0.2) is 4.39 Å². The fraction of sp³-hybridized carbons (Fsp3) is 0.778. The van der Waals surface area contributed by atoms with E-state index in [1.807, 2.05) is 0 Å². The zero-order valence-electron chi connectivity index (χ0n) is 17.6. The van der Waals surface area contributed by atoms with Gasteiger partial charge >= 0.3 is 17.9 Å². The van der Waals surface area contributed by atoms with Crippen LogP contribution < -0.4 is 5.32 Å². The van der Waals surface area contributed by atoms with Gasteiger partial charge in [-0.2, -0.15) is 0 Å². The molecule has 174 valence electrons. The molecule has 0 aliphatic carbocycles. The Hall–Kier alpha value is -2.92. The topological polar surface area (TPSA) is 166 Å². The molecule has 0 radical (unpaired) electrons. The highest BCUT2D eigenvalue weighted by atomic mass is 19.1. The number of halogens is 1. The standard InChI is InChI=1S/C18H27FN4O8/c1-10(24)28-9-13-16(29-11(2)25)17(30-12(3)26)15(19)18(31-13)22-14(27)7-5-4-6-8-21-23-20/h13,15-18H,4-9H2,1-3H3,(H,22,27)/t13-,15-,16-,17-,18-/m1/s1. The fourth-order valence-electron chi connectivity index (χ4n) is 2.93. The third kappa shape index (κ3) is 9.62. The van der Waals surface area contributed by atoms with Gasteiger partial charge in [0.2, 0.25) is 5.91 Å². The van der Waals surface area contributed by atoms with E-state index in [1.165, 1.54) is 0 Å². The number of rotatable bonds is 11. The summed E-state index contributed by atoms with van der Waals surface area (Å²) in [6.45, 7) is 3.18. The van der Waals surface area contributed by atoms with Crippen molar-refractivity contribution in [3.63, 3.8) is 0 Å². The van der Waals surface area contributed by atoms with Crippen LogP contribution in [0.25, 0.3) is 10.4 Å². The van der Waals surface area contributed by atoms with E-state index >= 15 is 4.39 Å². The van der Waals surface area contributed by atoms with Gasteiger partial charge in [0.05, 0.1) is 0 Å². The molecule has 0 aromatic carbocycles. The van der Waals surface area contributed by atoms with Crippen molar-refractivity contribution in [3.8, 4) is 0 Å². The summed E-state index contributed by atoms with van der Waals surface area (Å²) >= 11 is 0. The molecule has 0 aromatic heterocycles. The number of amides is 1. The van der Waals surface area contributed by atoms with Crippen molar-refractivity contribution in [1.29, 1.82) is 0 Å². The molecule has 1 rings (SSSR count). The minimum atomic E-state index is -2.05. The van der Waals surface area contributed by atoms with Crippen molar-refractivity contribution >= 4 is 23.8 Å². The molecule has 31 heavy (non-hydrogen) atoms. The number of alkyl halides is 1. The maximum Gasteiger partial charge on any atom is 0.303 e. The predicted octanol–water partition coefficient (Wildman–Crippen LogP) is 1.46. The van der Waals surface area contributed by atoms with Crippen LogP contribution in [0.5, 0.6) is 0 Å². The fourth-order valence-corrected chi connectivity index (χ4v) is 2.93. The number of nitrogens with zero attached hydrogens (tertiary/aromatic N) is 3. The Labute approximate surface area is 178 Å². The SMILES string of the molecule is CC(=O)OC[C@H]1O[C@@H](NC(=O)CCCCCN=[N+]=[N-])[C@H](F)[C@@H](OC(C)=O)[C@@H]1OC(C)=O. The van der Waals surface area contributed by atoms with Crippen molar-refractivity contribution in [1.82, 2.24) is 5.32 Å². The Balaban J connectivity index is 2.85. The number of azide groups is 1. The highest BCUT2D eigenvalue weighted by Gasteiger charge is 2.51. The summed E-state index contributed by atoms with van der Waals surface area (Å²) in [4.78, 5) is 48.9. The van der Waals surface area contributed by atoms with Crippen molar-refractivity contribution < 1.29 is 42.5 Å². The van der Waals surface area contributed by atoms with E-state index in [4.69, 9.17) is 24.5 Å². The third-order valence-electron chi connectivity index (χ3n) is 4.20. The molecular weight excluding hydrogens is 419 g/mol. The summed E-state index contributed by atoms with van der Waals surface area (Å²) in [6.07, 6.45) is -5.96. The van der Waals surface area contributed by atoms with Gasteiger partial charge in [0.25, 0.3) is 0 Å². The first-order chi connectivity index (χ1) is 14.6. The Morgan fingerprint density at radius 1 is 1.03 bits per heavy atom. The number of nitrogens with one attached hydrogen (secondary N) is 1. The maximum absolute atomic E-state index is 15.1. The van der Waals surface area contributed by atoms with Crippen LogP contribution in [0.2, 0.25) is 0 Å². The summed E-state index contributed by atoms with van der Waals surface area (Å²) in [5.41, 5.74) is 8.21. The Kier molecular flexibility index (Phi) is 11.3. The monoisotopic (exact) mass is 446 g/mol. The lowest BCUT2D eigenvalue weighted by Crippen LogP contribution is -2.63. The number of unbranched alkanes of at least 4 members (excludes halogenated alkanes) is 2. The molecule has 5 atom stereocenters. The van der Waals surface area contributed by atoms with E-state index in [9.17, 15) is 19.2 Å². The molecular formula is C18H27FN4O8. The second-order valence-corrected chi connectivity index (χ2v) is 6.82. The molecule has 1 aliphatic heterocycles. The van der Waals surface area contributed by atoms with Gasteiger partial charge in [0.1, 0.15) is 12.7 Å². The van der Waals surface area contributed by atoms with Gasteiger partial charge in [-0.3, -0.25) is 19.2 Å². The minimum Gasteiger partial charge on any atom is -0.463 e. The van der Waals surface area contributed by atoms with Crippen molar-refractivity contribution in [2.75, 3.05) is 13.2 Å². The second kappa shape index (κ2) is 13.4. The average molecular weight is 446 g/mol. The van der Waals surface area contributed by atoms with Crippen LogP contribution in [0.4, 0.5) is 4.39 Å². The quantitative estimate of drug-likeness (QED) is 0.124. The van der Waals surface area contributed by atoms with E-state index in [-0.39, 0.29) is 6.42 Å². The molecule has 13 heteroatoms. The first kappa shape index (κ1) is 26.1. The largest absolute Gasteiger partial charge is 0.463 e. The lowest BCUT2D eigenvalue weighted by Gasteiger charge is -2.42. The van der Waals surface area contributed by atoms with Gasteiger partial charge in [0, 0.05) is 38.6 Å². The summed E-state index contributed by atoms with van der Waals surface area (Å²) in [5, 5.41) is 5.76. The first-order valence-electron chi connectivity index (χ1n) is 9.73. The number of hydrogen-bond donors (Lipinski definition) is 1. The molecule has 1 saturated heterocycles. The molecule has 0 spiro atoms. The third-order valence-corrected chi connectivity index (χ3v) is 4.20. The van der Waals surface area contributed by atoms with Crippen LogP contribution in [-0.2, 0) is 38.1 Å². The highest BCUT2D eigenvalue weighted by Crippen LogP contribution is 2.28. The van der Waals surface area contributed by atoms with E-state index in [1.54, 1.807) is 0 Å². The zero-order valence-corrected chi connectivity index (χ0v) is 17.6. The smallest absolute Gasteiger partial charge is 0.303 e. The van der Waals surface area contributed by atoms with Gasteiger partial charge in [0.15, 0.2) is 24.6 Å². The van der Waals surface area contributed by atoms with Crippen LogP contribution >= 0.6 is 0 Å². The van der Waals surface area contributed by atoms with Crippen LogP contribution in [-0.4, -0.2) is 67.7 Å². The Morgan fingerprint density at radius 2 is 1.68 bits per heavy atom. The second-order valence-electron chi connectivity index (χ2n) is 6.82. The average Bonchev–Trinajstić information content (AvgIpc) is 2.67. The van der Waals surface area contributed by atoms with Gasteiger partial charge in [-0.15, -0.1) is 0 Å². The molecule has 0 bridgehead atoms. The molecule has 0 aromatic rings. The molecule has 0 saturated carbocycles. The first-order valence-corrected chi connectivity index (χ1v) is 9.73. The summed E-state index contributed by atoms with van der Waals surface area (Å²) in [7, 11) is 0. The molecule has 12 nitrogen and oxygen atoms in total. The summed E-state index contributed by atoms with van der Waals surface area (Å²) in [5.74, 6) is -2.79. The number of hydrogen-bond acceptors (Lipinski definition) is 9. The van der Waals surface area contributed by atoms with Crippen LogP contribution in [0, 0.1) is 0 Å². The van der Waals surface area contributed by atoms with Gasteiger partial charge < -0.3 is 24.3 Å². The van der Waals surface area contributed by atoms with Crippen molar-refractivity contribution in [3.05, 3.63) is 10.4 Å². The molecule has 1 fully saturated rings. The van der Waals surface area contributed by atoms with Crippen LogP contribution in [0.3, 0.4) is 0 Å². The van der Waals surface area contributed by atoms with E-state index in [2.05, 4.69) is 15.3 Å². The molecule has 1 N–H and O–H groups in total. The van der Waals surface area contributed by atoms with E-state index in [0.29, 0.717) is 25.8 Å². The zero-order chi connectivity index (χ0) is 23.4. The molecule has 0 unspecified atom stereocenters. The maximum atomic E-state index is 15.1. The van der Waals surface area contributed by atoms with Crippen molar-refractivity contribution in [2.45, 2.75) is 77.2 Å². The van der Waals surface area contributed by atoms with Crippen LogP contribution in [0.15, 0.2) is 5.11 Å². The molecule has 1 heterocycles. The lowest BCUT2D eigenvalue weighted by atomic mass is 9.98. The number of ether oxygens (including phenoxy) is 4. The predicted molar refractivity (Wildman–Crippen MR) is 102 cm³/mol. The summed E-state index contributed by atoms with van der Waals surface area (Å²) < 4.78 is 35.5. The molecule has 1 aliphatic rings. The van der Waals surface area contributed by atoms with Crippen LogP contribution in [0.1, 0.15) is 46.5 Å². The Morgan fingerprint density at radius 3 is 2.26 bits per heavy atom. The van der Waals surface area contributed by atoms with Gasteiger partial charge in [-0.1, -0.05) is 11.5 Å². The van der Waals surface area contributed by atoms with E-state index < -0.39 is 61.1 Å². The lowest BCUT2D eigenvalue weighted by molar-refractivity contribution is -0.239. The highest BCUT2D eigenvalue weighted by molar-refractivity contribution is 5.76. The number of esters is 3. The normalized spacial score (nSPS) is 25.0. The van der Waals surface area contributed by atoms with E-state index in [0.717, 1.165) is 20.8 Å². The summed E-state index contributed by atoms with van der Waals surface area (Å²) in [6, 6.07) is 0. The number of carbonyl (C=O) groups excluding carboxylic acids is 4.